The number of rotatable bonds is 4. The van der Waals surface area contributed by atoms with Gasteiger partial charge in [-0.15, -0.1) is 0 Å². The lowest BCUT2D eigenvalue weighted by molar-refractivity contribution is -0.165. The third kappa shape index (κ3) is 4.07. The molecule has 0 aliphatic rings. The van der Waals surface area contributed by atoms with Gasteiger partial charge in [-0.1, -0.05) is 11.6 Å². The Morgan fingerprint density at radius 2 is 1.89 bits per heavy atom. The van der Waals surface area contributed by atoms with Crippen molar-refractivity contribution in [2.24, 2.45) is 0 Å². The minimum Gasteiger partial charge on any atom is -0.493 e. The maximum Gasteiger partial charge on any atom is 0.454 e. The van der Waals surface area contributed by atoms with Crippen molar-refractivity contribution in [2.75, 3.05) is 6.61 Å². The predicted octanol–water partition coefficient (Wildman–Crippen LogP) is 3.85. The first kappa shape index (κ1) is 14.6. The molecule has 0 saturated heterocycles. The summed E-state index contributed by atoms with van der Waals surface area (Å²) in [6.07, 6.45) is -4.47. The molecule has 0 aliphatic carbocycles. The molecule has 0 unspecified atom stereocenters. The quantitative estimate of drug-likeness (QED) is 0.618. The number of hydrogen-bond donors (Lipinski definition) is 0. The van der Waals surface area contributed by atoms with Crippen LogP contribution in [-0.2, 0) is 9.53 Å². The minimum absolute atomic E-state index is 0.128. The molecule has 1 aromatic rings. The van der Waals surface area contributed by atoms with E-state index in [1.807, 2.05) is 0 Å². The van der Waals surface area contributed by atoms with Crippen LogP contribution in [0.2, 0.25) is 5.02 Å². The second-order valence-electron chi connectivity index (χ2n) is 3.31. The van der Waals surface area contributed by atoms with Gasteiger partial charge in [-0.3, -0.25) is 4.79 Å². The molecule has 0 aromatic heterocycles. The second kappa shape index (κ2) is 5.91. The maximum atomic E-state index is 12.2. The largest absolute Gasteiger partial charge is 0.493 e. The van der Waals surface area contributed by atoms with Crippen molar-refractivity contribution in [1.29, 1.82) is 0 Å². The van der Waals surface area contributed by atoms with E-state index in [4.69, 9.17) is 16.3 Å². The normalized spacial score (nSPS) is 12.4. The zero-order chi connectivity index (χ0) is 13.8. The molecule has 0 radical (unpaired) electrons. The lowest BCUT2D eigenvalue weighted by Gasteiger charge is -2.09. The first-order valence-electron chi connectivity index (χ1n) is 5.06. The Hall–Kier alpha value is -1.49. The number of allylic oxidation sites excluding steroid dienone is 1. The third-order valence-electron chi connectivity index (χ3n) is 1.97. The number of hydrogen-bond acceptors (Lipinski definition) is 2. The molecule has 0 atom stereocenters. The van der Waals surface area contributed by atoms with Crippen LogP contribution < -0.4 is 0 Å². The summed E-state index contributed by atoms with van der Waals surface area (Å²) in [6, 6.07) is 5.96. The molecule has 1 aromatic carbocycles. The van der Waals surface area contributed by atoms with Crippen LogP contribution in [0.4, 0.5) is 13.2 Å². The highest BCUT2D eigenvalue weighted by atomic mass is 35.5. The van der Waals surface area contributed by atoms with E-state index in [-0.39, 0.29) is 12.4 Å². The van der Waals surface area contributed by atoms with E-state index in [2.05, 4.69) is 0 Å². The van der Waals surface area contributed by atoms with Crippen LogP contribution in [0, 0.1) is 0 Å². The fraction of sp³-hybridized carbons (Fsp3) is 0.250. The standard InChI is InChI=1S/C12H10ClF3O2/c1-2-18-10(7-11(17)12(14,15)16)8-3-5-9(13)6-4-8/h3-7H,2H2,1H3/b10-7+. The lowest BCUT2D eigenvalue weighted by atomic mass is 10.1. The molecule has 6 heteroatoms. The lowest BCUT2D eigenvalue weighted by Crippen LogP contribution is -2.20. The van der Waals surface area contributed by atoms with E-state index in [0.717, 1.165) is 0 Å². The van der Waals surface area contributed by atoms with Gasteiger partial charge in [-0.2, -0.15) is 13.2 Å². The highest BCUT2D eigenvalue weighted by Crippen LogP contribution is 2.23. The van der Waals surface area contributed by atoms with E-state index >= 15 is 0 Å². The molecule has 0 amide bonds. The van der Waals surface area contributed by atoms with Gasteiger partial charge in [-0.25, -0.2) is 0 Å². The summed E-state index contributed by atoms with van der Waals surface area (Å²) in [5, 5.41) is 0.441. The van der Waals surface area contributed by atoms with Crippen LogP contribution >= 0.6 is 11.6 Å². The number of carbonyl (C=O) groups excluding carboxylic acids is 1. The Morgan fingerprint density at radius 3 is 2.33 bits per heavy atom. The molecular weight excluding hydrogens is 269 g/mol. The van der Waals surface area contributed by atoms with Gasteiger partial charge in [0.1, 0.15) is 5.76 Å². The molecule has 0 saturated carbocycles. The summed E-state index contributed by atoms with van der Waals surface area (Å²) in [7, 11) is 0. The van der Waals surface area contributed by atoms with Gasteiger partial charge in [0.2, 0.25) is 0 Å². The Bertz CT molecular complexity index is 449. The summed E-state index contributed by atoms with van der Waals surface area (Å²) in [5.74, 6) is -2.09. The molecule has 0 fully saturated rings. The Labute approximate surface area is 107 Å². The first-order valence-corrected chi connectivity index (χ1v) is 5.44. The molecule has 18 heavy (non-hydrogen) atoms. The van der Waals surface area contributed by atoms with E-state index in [1.54, 1.807) is 6.92 Å². The Kier molecular flexibility index (Phi) is 4.78. The van der Waals surface area contributed by atoms with Crippen molar-refractivity contribution in [3.05, 3.63) is 40.9 Å². The van der Waals surface area contributed by atoms with Crippen LogP contribution in [0.1, 0.15) is 12.5 Å². The SMILES string of the molecule is CCO/C(=C/C(=O)C(F)(F)F)c1ccc(Cl)cc1. The minimum atomic E-state index is -4.91. The molecule has 98 valence electrons. The highest BCUT2D eigenvalue weighted by molar-refractivity contribution is 6.30. The number of benzene rings is 1. The van der Waals surface area contributed by atoms with Crippen LogP contribution in [0.5, 0.6) is 0 Å². The van der Waals surface area contributed by atoms with Crippen molar-refractivity contribution in [2.45, 2.75) is 13.1 Å². The summed E-state index contributed by atoms with van der Waals surface area (Å²) in [5.41, 5.74) is 0.360. The zero-order valence-corrected chi connectivity index (χ0v) is 10.2. The molecule has 0 spiro atoms. The smallest absolute Gasteiger partial charge is 0.454 e. The molecular formula is C12H10ClF3O2. The van der Waals surface area contributed by atoms with Gasteiger partial charge in [-0.05, 0) is 31.2 Å². The summed E-state index contributed by atoms with van der Waals surface area (Å²) < 4.78 is 41.5. The maximum absolute atomic E-state index is 12.2. The van der Waals surface area contributed by atoms with Gasteiger partial charge in [0.25, 0.3) is 5.78 Å². The van der Waals surface area contributed by atoms with Crippen molar-refractivity contribution in [1.82, 2.24) is 0 Å². The van der Waals surface area contributed by atoms with Gasteiger partial charge in [0, 0.05) is 16.7 Å². The second-order valence-corrected chi connectivity index (χ2v) is 3.75. The van der Waals surface area contributed by atoms with Crippen LogP contribution in [0.3, 0.4) is 0 Å². The Balaban J connectivity index is 3.06. The molecule has 0 N–H and O–H groups in total. The summed E-state index contributed by atoms with van der Waals surface area (Å²) >= 11 is 5.66. The molecule has 0 bridgehead atoms. The van der Waals surface area contributed by atoms with Crippen molar-refractivity contribution in [3.8, 4) is 0 Å². The van der Waals surface area contributed by atoms with Crippen molar-refractivity contribution < 1.29 is 22.7 Å². The molecule has 1 rings (SSSR count). The van der Waals surface area contributed by atoms with Crippen molar-refractivity contribution in [3.63, 3.8) is 0 Å². The van der Waals surface area contributed by atoms with Crippen LogP contribution in [0.15, 0.2) is 30.3 Å². The van der Waals surface area contributed by atoms with Gasteiger partial charge < -0.3 is 4.74 Å². The summed E-state index contributed by atoms with van der Waals surface area (Å²) in [4.78, 5) is 10.9. The van der Waals surface area contributed by atoms with Gasteiger partial charge in [0.15, 0.2) is 0 Å². The number of halogens is 4. The topological polar surface area (TPSA) is 26.3 Å². The van der Waals surface area contributed by atoms with E-state index < -0.39 is 12.0 Å². The molecule has 0 aliphatic heterocycles. The Morgan fingerprint density at radius 1 is 1.33 bits per heavy atom. The van der Waals surface area contributed by atoms with Crippen molar-refractivity contribution >= 4 is 23.1 Å². The monoisotopic (exact) mass is 278 g/mol. The number of ketones is 1. The predicted molar refractivity (Wildman–Crippen MR) is 62.1 cm³/mol. The highest BCUT2D eigenvalue weighted by Gasteiger charge is 2.37. The number of carbonyl (C=O) groups is 1. The third-order valence-corrected chi connectivity index (χ3v) is 2.22. The van der Waals surface area contributed by atoms with Gasteiger partial charge >= 0.3 is 6.18 Å². The molecule has 0 heterocycles. The fourth-order valence-electron chi connectivity index (χ4n) is 1.18. The van der Waals surface area contributed by atoms with Crippen LogP contribution in [-0.4, -0.2) is 18.6 Å². The molecule has 2 nitrogen and oxygen atoms in total. The number of ether oxygens (including phenoxy) is 1. The average molecular weight is 279 g/mol. The first-order chi connectivity index (χ1) is 8.34. The van der Waals surface area contributed by atoms with E-state index in [1.165, 1.54) is 24.3 Å². The van der Waals surface area contributed by atoms with E-state index in [0.29, 0.717) is 16.7 Å². The number of alkyl halides is 3. The van der Waals surface area contributed by atoms with Gasteiger partial charge in [0.05, 0.1) is 6.61 Å². The summed E-state index contributed by atoms with van der Waals surface area (Å²) in [6.45, 7) is 1.77. The van der Waals surface area contributed by atoms with E-state index in [9.17, 15) is 18.0 Å². The average Bonchev–Trinajstić information content (AvgIpc) is 2.28. The van der Waals surface area contributed by atoms with Crippen LogP contribution in [0.25, 0.3) is 5.76 Å². The fourth-order valence-corrected chi connectivity index (χ4v) is 1.30. The zero-order valence-electron chi connectivity index (χ0n) is 9.42.